The van der Waals surface area contributed by atoms with Crippen molar-refractivity contribution in [2.75, 3.05) is 13.6 Å². The molecule has 24 heavy (non-hydrogen) atoms. The molecule has 0 spiro atoms. The van der Waals surface area contributed by atoms with Gasteiger partial charge in [0.1, 0.15) is 0 Å². The Morgan fingerprint density at radius 3 is 2.62 bits per heavy atom. The number of hydrogen-bond donors (Lipinski definition) is 0. The Morgan fingerprint density at radius 2 is 1.83 bits per heavy atom. The van der Waals surface area contributed by atoms with Crippen LogP contribution in [0.25, 0.3) is 11.4 Å². The molecule has 3 rings (SSSR count). The first-order valence-corrected chi connectivity index (χ1v) is 9.36. The maximum atomic E-state index is 4.47. The van der Waals surface area contributed by atoms with Gasteiger partial charge in [0.05, 0.1) is 6.54 Å². The molecule has 5 heteroatoms. The molecular weight excluding hydrogens is 298 g/mol. The second kappa shape index (κ2) is 8.92. The number of rotatable bonds is 8. The van der Waals surface area contributed by atoms with E-state index in [1.54, 1.807) is 4.80 Å². The number of benzene rings is 1. The van der Waals surface area contributed by atoms with Gasteiger partial charge in [0, 0.05) is 11.6 Å². The highest BCUT2D eigenvalue weighted by atomic mass is 15.6. The SMILES string of the molecule is CN(CCCCCn1nnc(-c2ccccc2)n1)C1CCCCC1. The molecule has 0 amide bonds. The van der Waals surface area contributed by atoms with Crippen molar-refractivity contribution in [3.05, 3.63) is 30.3 Å². The molecule has 1 aliphatic carbocycles. The summed E-state index contributed by atoms with van der Waals surface area (Å²) in [4.78, 5) is 4.30. The Morgan fingerprint density at radius 1 is 1.04 bits per heavy atom. The van der Waals surface area contributed by atoms with Crippen LogP contribution in [0.2, 0.25) is 0 Å². The standard InChI is InChI=1S/C19H29N5/c1-23(18-13-7-3-8-14-18)15-9-4-10-16-24-21-19(20-22-24)17-11-5-2-6-12-17/h2,5-6,11-12,18H,3-4,7-10,13-16H2,1H3. The van der Waals surface area contributed by atoms with E-state index in [1.807, 2.05) is 30.3 Å². The van der Waals surface area contributed by atoms with E-state index in [9.17, 15) is 0 Å². The van der Waals surface area contributed by atoms with Crippen LogP contribution >= 0.6 is 0 Å². The lowest BCUT2D eigenvalue weighted by Crippen LogP contribution is -2.34. The smallest absolute Gasteiger partial charge is 0.204 e. The molecule has 0 aliphatic heterocycles. The lowest BCUT2D eigenvalue weighted by Gasteiger charge is -2.31. The monoisotopic (exact) mass is 327 g/mol. The zero-order valence-corrected chi connectivity index (χ0v) is 14.8. The molecule has 0 bridgehead atoms. The van der Waals surface area contributed by atoms with Crippen LogP contribution in [0.3, 0.4) is 0 Å². The van der Waals surface area contributed by atoms with Gasteiger partial charge in [0.2, 0.25) is 5.82 Å². The average molecular weight is 327 g/mol. The first-order chi connectivity index (χ1) is 11.8. The van der Waals surface area contributed by atoms with Crippen molar-refractivity contribution in [2.45, 2.75) is 64.0 Å². The van der Waals surface area contributed by atoms with Gasteiger partial charge < -0.3 is 4.90 Å². The third kappa shape index (κ3) is 4.87. The second-order valence-electron chi connectivity index (χ2n) is 6.91. The van der Waals surface area contributed by atoms with E-state index in [2.05, 4.69) is 27.4 Å². The van der Waals surface area contributed by atoms with Gasteiger partial charge in [-0.3, -0.25) is 0 Å². The number of aromatic nitrogens is 4. The highest BCUT2D eigenvalue weighted by molar-refractivity contribution is 5.52. The molecule has 0 unspecified atom stereocenters. The zero-order valence-electron chi connectivity index (χ0n) is 14.8. The van der Waals surface area contributed by atoms with Gasteiger partial charge in [-0.05, 0) is 44.5 Å². The highest BCUT2D eigenvalue weighted by Crippen LogP contribution is 2.21. The van der Waals surface area contributed by atoms with Crippen LogP contribution in [0, 0.1) is 0 Å². The highest BCUT2D eigenvalue weighted by Gasteiger charge is 2.17. The molecule has 2 aromatic rings. The molecule has 0 atom stereocenters. The van der Waals surface area contributed by atoms with Crippen molar-refractivity contribution < 1.29 is 0 Å². The second-order valence-corrected chi connectivity index (χ2v) is 6.91. The first-order valence-electron chi connectivity index (χ1n) is 9.36. The van der Waals surface area contributed by atoms with Crippen molar-refractivity contribution >= 4 is 0 Å². The van der Waals surface area contributed by atoms with Gasteiger partial charge in [0.15, 0.2) is 0 Å². The Bertz CT molecular complexity index is 589. The molecule has 1 aromatic carbocycles. The molecule has 0 saturated heterocycles. The molecule has 1 aromatic heterocycles. The van der Waals surface area contributed by atoms with Crippen molar-refractivity contribution in [2.24, 2.45) is 0 Å². The van der Waals surface area contributed by atoms with Crippen LogP contribution in [0.1, 0.15) is 51.4 Å². The molecule has 130 valence electrons. The van der Waals surface area contributed by atoms with E-state index in [0.29, 0.717) is 5.82 Å². The normalized spacial score (nSPS) is 15.9. The van der Waals surface area contributed by atoms with Crippen molar-refractivity contribution in [3.63, 3.8) is 0 Å². The van der Waals surface area contributed by atoms with Crippen LogP contribution in [0.5, 0.6) is 0 Å². The van der Waals surface area contributed by atoms with Crippen LogP contribution in [-0.4, -0.2) is 44.7 Å². The Balaban J connectivity index is 1.34. The van der Waals surface area contributed by atoms with Gasteiger partial charge >= 0.3 is 0 Å². The number of aryl methyl sites for hydroxylation is 1. The lowest BCUT2D eigenvalue weighted by atomic mass is 9.94. The van der Waals surface area contributed by atoms with E-state index in [0.717, 1.165) is 24.6 Å². The largest absolute Gasteiger partial charge is 0.303 e. The minimum atomic E-state index is 0.715. The topological polar surface area (TPSA) is 46.8 Å². The summed E-state index contributed by atoms with van der Waals surface area (Å²) in [5.41, 5.74) is 1.03. The fraction of sp³-hybridized carbons (Fsp3) is 0.632. The lowest BCUT2D eigenvalue weighted by molar-refractivity contribution is 0.188. The van der Waals surface area contributed by atoms with Crippen molar-refractivity contribution in [3.8, 4) is 11.4 Å². The maximum Gasteiger partial charge on any atom is 0.204 e. The maximum absolute atomic E-state index is 4.47. The van der Waals surface area contributed by atoms with Gasteiger partial charge in [-0.25, -0.2) is 0 Å². The molecule has 1 saturated carbocycles. The molecule has 0 radical (unpaired) electrons. The number of tetrazole rings is 1. The van der Waals surface area contributed by atoms with E-state index >= 15 is 0 Å². The Kier molecular flexibility index (Phi) is 6.35. The van der Waals surface area contributed by atoms with Gasteiger partial charge in [-0.1, -0.05) is 56.0 Å². The van der Waals surface area contributed by atoms with E-state index < -0.39 is 0 Å². The summed E-state index contributed by atoms with van der Waals surface area (Å²) < 4.78 is 0. The quantitative estimate of drug-likeness (QED) is 0.692. The van der Waals surface area contributed by atoms with Crippen LogP contribution < -0.4 is 0 Å². The summed E-state index contributed by atoms with van der Waals surface area (Å²) in [7, 11) is 2.29. The fourth-order valence-electron chi connectivity index (χ4n) is 3.54. The Labute approximate surface area is 145 Å². The predicted octanol–water partition coefficient (Wildman–Crippen LogP) is 3.77. The fourth-order valence-corrected chi connectivity index (χ4v) is 3.54. The third-order valence-electron chi connectivity index (χ3n) is 5.05. The zero-order chi connectivity index (χ0) is 16.6. The van der Waals surface area contributed by atoms with Gasteiger partial charge in [0.25, 0.3) is 0 Å². The number of nitrogens with zero attached hydrogens (tertiary/aromatic N) is 5. The molecule has 0 N–H and O–H groups in total. The van der Waals surface area contributed by atoms with Crippen LogP contribution in [-0.2, 0) is 6.54 Å². The van der Waals surface area contributed by atoms with Gasteiger partial charge in [-0.15, -0.1) is 10.2 Å². The summed E-state index contributed by atoms with van der Waals surface area (Å²) in [5, 5.41) is 12.8. The van der Waals surface area contributed by atoms with E-state index in [1.165, 1.54) is 51.5 Å². The first kappa shape index (κ1) is 17.1. The number of unbranched alkanes of at least 4 members (excludes halogenated alkanes) is 2. The molecule has 1 fully saturated rings. The minimum Gasteiger partial charge on any atom is -0.303 e. The minimum absolute atomic E-state index is 0.715. The number of hydrogen-bond acceptors (Lipinski definition) is 4. The summed E-state index contributed by atoms with van der Waals surface area (Å²) in [6.07, 6.45) is 10.6. The summed E-state index contributed by atoms with van der Waals surface area (Å²) in [5.74, 6) is 0.715. The Hall–Kier alpha value is -1.75. The average Bonchev–Trinajstić information content (AvgIpc) is 3.12. The van der Waals surface area contributed by atoms with Crippen LogP contribution in [0.15, 0.2) is 30.3 Å². The third-order valence-corrected chi connectivity index (χ3v) is 5.05. The summed E-state index contributed by atoms with van der Waals surface area (Å²) >= 11 is 0. The molecule has 1 heterocycles. The van der Waals surface area contributed by atoms with E-state index in [4.69, 9.17) is 0 Å². The van der Waals surface area contributed by atoms with Crippen molar-refractivity contribution in [1.29, 1.82) is 0 Å². The van der Waals surface area contributed by atoms with Crippen molar-refractivity contribution in [1.82, 2.24) is 25.1 Å². The summed E-state index contributed by atoms with van der Waals surface area (Å²) in [6, 6.07) is 10.9. The predicted molar refractivity (Wildman–Crippen MR) is 96.6 cm³/mol. The van der Waals surface area contributed by atoms with Gasteiger partial charge in [-0.2, -0.15) is 4.80 Å². The van der Waals surface area contributed by atoms with Crippen LogP contribution in [0.4, 0.5) is 0 Å². The van der Waals surface area contributed by atoms with E-state index in [-0.39, 0.29) is 0 Å². The molecule has 1 aliphatic rings. The summed E-state index contributed by atoms with van der Waals surface area (Å²) in [6.45, 7) is 2.07. The molecule has 5 nitrogen and oxygen atoms in total. The molecular formula is C19H29N5.